The van der Waals surface area contributed by atoms with Crippen LogP contribution in [-0.4, -0.2) is 24.4 Å². The summed E-state index contributed by atoms with van der Waals surface area (Å²) in [6, 6.07) is 0. The topological polar surface area (TPSA) is 20.3 Å². The average Bonchev–Trinajstić information content (AvgIpc) is 2.19. The van der Waals surface area contributed by atoms with Crippen molar-refractivity contribution in [3.8, 4) is 0 Å². The Morgan fingerprint density at radius 1 is 0.643 bits per heavy atom. The maximum Gasteiger partial charge on any atom is 0.312 e. The van der Waals surface area contributed by atoms with E-state index < -0.39 is 0 Å². The smallest absolute Gasteiger partial charge is 0.312 e. The van der Waals surface area contributed by atoms with Crippen molar-refractivity contribution in [2.75, 3.05) is 13.1 Å². The molecule has 1 aliphatic rings. The fraction of sp³-hybridized carbons (Fsp3) is 0.917. The molecule has 0 spiro atoms. The molecule has 81 valence electrons. The standard InChI is InChI=1S/C12H22NO/c14-12-13-10-8-6-4-2-1-3-5-7-9-11-13/h1-11H2. The molecule has 1 heterocycles. The second kappa shape index (κ2) is 7.84. The third-order valence-electron chi connectivity index (χ3n) is 2.99. The second-order valence-corrected chi connectivity index (χ2v) is 4.26. The summed E-state index contributed by atoms with van der Waals surface area (Å²) in [6.07, 6.45) is 13.8. The highest BCUT2D eigenvalue weighted by molar-refractivity contribution is 5.47. The molecule has 1 rings (SSSR count). The van der Waals surface area contributed by atoms with Gasteiger partial charge in [-0.25, -0.2) is 0 Å². The first kappa shape index (κ1) is 11.5. The monoisotopic (exact) mass is 196 g/mol. The minimum absolute atomic E-state index is 0.920. The van der Waals surface area contributed by atoms with E-state index in [1.54, 1.807) is 0 Å². The lowest BCUT2D eigenvalue weighted by atomic mass is 10.1. The molecular formula is C12H22NO. The van der Waals surface area contributed by atoms with Gasteiger partial charge in [0.15, 0.2) is 0 Å². The first-order valence-electron chi connectivity index (χ1n) is 6.06. The number of nitrogens with zero attached hydrogens (tertiary/aromatic N) is 1. The van der Waals surface area contributed by atoms with Crippen LogP contribution in [0, 0.1) is 0 Å². The Bertz CT molecular complexity index is 135. The normalized spacial score (nSPS) is 22.1. The van der Waals surface area contributed by atoms with Crippen molar-refractivity contribution in [2.24, 2.45) is 0 Å². The lowest BCUT2D eigenvalue weighted by Crippen LogP contribution is -2.24. The lowest BCUT2D eigenvalue weighted by molar-refractivity contribution is 0.352. The van der Waals surface area contributed by atoms with Crippen LogP contribution in [0.3, 0.4) is 0 Å². The van der Waals surface area contributed by atoms with Crippen LogP contribution in [0.25, 0.3) is 0 Å². The maximum absolute atomic E-state index is 10.6. The molecule has 0 unspecified atom stereocenters. The van der Waals surface area contributed by atoms with E-state index in [1.165, 1.54) is 44.9 Å². The van der Waals surface area contributed by atoms with Crippen LogP contribution in [0.15, 0.2) is 0 Å². The van der Waals surface area contributed by atoms with E-state index in [4.69, 9.17) is 0 Å². The van der Waals surface area contributed by atoms with Gasteiger partial charge in [-0.1, -0.05) is 44.9 Å². The first-order valence-corrected chi connectivity index (χ1v) is 6.06. The molecule has 0 saturated carbocycles. The number of hydrogen-bond acceptors (Lipinski definition) is 1. The Labute approximate surface area is 87.7 Å². The predicted octanol–water partition coefficient (Wildman–Crippen LogP) is 2.88. The van der Waals surface area contributed by atoms with Gasteiger partial charge in [-0.05, 0) is 12.8 Å². The molecule has 0 aromatic carbocycles. The van der Waals surface area contributed by atoms with Gasteiger partial charge in [-0.2, -0.15) is 0 Å². The van der Waals surface area contributed by atoms with Gasteiger partial charge < -0.3 is 4.90 Å². The highest BCUT2D eigenvalue weighted by Crippen LogP contribution is 2.11. The van der Waals surface area contributed by atoms with Crippen molar-refractivity contribution < 1.29 is 4.79 Å². The fourth-order valence-corrected chi connectivity index (χ4v) is 2.05. The van der Waals surface area contributed by atoms with Crippen molar-refractivity contribution >= 4 is 6.41 Å². The second-order valence-electron chi connectivity index (χ2n) is 4.26. The molecule has 2 heteroatoms. The number of hydrogen-bond donors (Lipinski definition) is 0. The molecule has 0 aromatic rings. The summed E-state index contributed by atoms with van der Waals surface area (Å²) in [5, 5.41) is 0. The van der Waals surface area contributed by atoms with E-state index in [1.807, 2.05) is 11.3 Å². The van der Waals surface area contributed by atoms with Gasteiger partial charge in [-0.3, -0.25) is 4.79 Å². The van der Waals surface area contributed by atoms with Crippen molar-refractivity contribution in [3.05, 3.63) is 0 Å². The Balaban J connectivity index is 2.20. The Hall–Kier alpha value is -0.530. The summed E-state index contributed by atoms with van der Waals surface area (Å²) in [5.41, 5.74) is 0. The third kappa shape index (κ3) is 5.25. The van der Waals surface area contributed by atoms with E-state index in [-0.39, 0.29) is 0 Å². The Morgan fingerprint density at radius 2 is 1.00 bits per heavy atom. The maximum atomic E-state index is 10.6. The van der Waals surface area contributed by atoms with E-state index >= 15 is 0 Å². The third-order valence-corrected chi connectivity index (χ3v) is 2.99. The van der Waals surface area contributed by atoms with Gasteiger partial charge in [0.25, 0.3) is 0 Å². The molecule has 1 radical (unpaired) electrons. The van der Waals surface area contributed by atoms with Crippen molar-refractivity contribution in [3.63, 3.8) is 0 Å². The van der Waals surface area contributed by atoms with E-state index in [0.717, 1.165) is 25.9 Å². The molecule has 0 aliphatic carbocycles. The average molecular weight is 196 g/mol. The first-order chi connectivity index (χ1) is 6.93. The van der Waals surface area contributed by atoms with E-state index in [2.05, 4.69) is 0 Å². The zero-order valence-corrected chi connectivity index (χ0v) is 9.13. The van der Waals surface area contributed by atoms with Gasteiger partial charge in [0, 0.05) is 13.1 Å². The van der Waals surface area contributed by atoms with Crippen LogP contribution < -0.4 is 0 Å². The van der Waals surface area contributed by atoms with Crippen LogP contribution in [0.4, 0.5) is 0 Å². The summed E-state index contributed by atoms with van der Waals surface area (Å²) < 4.78 is 0. The Morgan fingerprint density at radius 3 is 1.36 bits per heavy atom. The van der Waals surface area contributed by atoms with E-state index in [0.29, 0.717) is 0 Å². The molecule has 14 heavy (non-hydrogen) atoms. The molecule has 1 saturated heterocycles. The molecule has 1 aliphatic heterocycles. The van der Waals surface area contributed by atoms with Gasteiger partial charge in [0.1, 0.15) is 0 Å². The van der Waals surface area contributed by atoms with Gasteiger partial charge >= 0.3 is 6.41 Å². The molecule has 0 atom stereocenters. The molecule has 1 amide bonds. The summed E-state index contributed by atoms with van der Waals surface area (Å²) in [5.74, 6) is 0. The quantitative estimate of drug-likeness (QED) is 0.631. The molecule has 2 nitrogen and oxygen atoms in total. The van der Waals surface area contributed by atoms with Crippen molar-refractivity contribution in [1.82, 2.24) is 4.90 Å². The minimum Gasteiger partial charge on any atom is -0.334 e. The van der Waals surface area contributed by atoms with Crippen LogP contribution in [0.5, 0.6) is 0 Å². The van der Waals surface area contributed by atoms with Crippen LogP contribution in [-0.2, 0) is 4.79 Å². The van der Waals surface area contributed by atoms with Crippen LogP contribution in [0.2, 0.25) is 0 Å². The molecule has 0 aromatic heterocycles. The van der Waals surface area contributed by atoms with Gasteiger partial charge in [0.2, 0.25) is 0 Å². The Kier molecular flexibility index (Phi) is 6.46. The summed E-state index contributed by atoms with van der Waals surface area (Å²) in [4.78, 5) is 12.4. The van der Waals surface area contributed by atoms with Crippen LogP contribution in [0.1, 0.15) is 57.8 Å². The SMILES string of the molecule is O=[C]N1CCCCCCCCCCC1. The number of rotatable bonds is 1. The molecule has 0 N–H and O–H groups in total. The van der Waals surface area contributed by atoms with Gasteiger partial charge in [0.05, 0.1) is 0 Å². The predicted molar refractivity (Wildman–Crippen MR) is 58.8 cm³/mol. The summed E-state index contributed by atoms with van der Waals surface area (Å²) in [7, 11) is 0. The number of amides is 1. The van der Waals surface area contributed by atoms with Gasteiger partial charge in [-0.15, -0.1) is 0 Å². The van der Waals surface area contributed by atoms with Crippen LogP contribution >= 0.6 is 0 Å². The van der Waals surface area contributed by atoms with Crippen molar-refractivity contribution in [1.29, 1.82) is 0 Å². The number of carbonyl (C=O) groups excluding carboxylic acids is 1. The lowest BCUT2D eigenvalue weighted by Gasteiger charge is -2.16. The highest BCUT2D eigenvalue weighted by Gasteiger charge is 2.03. The largest absolute Gasteiger partial charge is 0.334 e. The molecule has 0 bridgehead atoms. The zero-order chi connectivity index (χ0) is 10.1. The fourth-order valence-electron chi connectivity index (χ4n) is 2.05. The zero-order valence-electron chi connectivity index (χ0n) is 9.13. The van der Waals surface area contributed by atoms with Crippen molar-refractivity contribution in [2.45, 2.75) is 57.8 Å². The minimum atomic E-state index is 0.920. The highest BCUT2D eigenvalue weighted by atomic mass is 16.1. The molecular weight excluding hydrogens is 174 g/mol. The molecule has 1 fully saturated rings. The van der Waals surface area contributed by atoms with E-state index in [9.17, 15) is 4.79 Å². The summed E-state index contributed by atoms with van der Waals surface area (Å²) in [6.45, 7) is 1.84. The summed E-state index contributed by atoms with van der Waals surface area (Å²) >= 11 is 0.